The van der Waals surface area contributed by atoms with Gasteiger partial charge in [0.15, 0.2) is 17.5 Å². The molecule has 0 bridgehead atoms. The van der Waals surface area contributed by atoms with E-state index >= 15 is 0 Å². The standard InChI is InChI=1S/C21H28FN3O3S/c1-23-21(24-10-5-11-29-17-8-6-16(22)7-9-17)25-14-15-12-19(27-3)20(28-4)13-18(15)26-2/h6-9,12-13H,5,10-11,14H2,1-4H3,(H2,23,24,25). The van der Waals surface area contributed by atoms with E-state index in [1.807, 2.05) is 6.07 Å². The molecule has 0 spiro atoms. The van der Waals surface area contributed by atoms with E-state index in [4.69, 9.17) is 14.2 Å². The number of halogens is 1. The Morgan fingerprint density at radius 1 is 0.966 bits per heavy atom. The second kappa shape index (κ2) is 12.1. The lowest BCUT2D eigenvalue weighted by Crippen LogP contribution is -2.37. The molecule has 2 rings (SSSR count). The fourth-order valence-corrected chi connectivity index (χ4v) is 3.48. The molecule has 0 aliphatic heterocycles. The summed E-state index contributed by atoms with van der Waals surface area (Å²) in [6.07, 6.45) is 0.947. The highest BCUT2D eigenvalue weighted by Gasteiger charge is 2.12. The summed E-state index contributed by atoms with van der Waals surface area (Å²) in [5, 5.41) is 6.57. The molecule has 2 N–H and O–H groups in total. The van der Waals surface area contributed by atoms with Crippen LogP contribution in [0.15, 0.2) is 46.3 Å². The molecule has 0 unspecified atom stereocenters. The highest BCUT2D eigenvalue weighted by molar-refractivity contribution is 7.99. The number of rotatable bonds is 10. The maximum Gasteiger partial charge on any atom is 0.191 e. The fraction of sp³-hybridized carbons (Fsp3) is 0.381. The van der Waals surface area contributed by atoms with Gasteiger partial charge >= 0.3 is 0 Å². The largest absolute Gasteiger partial charge is 0.496 e. The number of methoxy groups -OCH3 is 3. The van der Waals surface area contributed by atoms with Crippen molar-refractivity contribution < 1.29 is 18.6 Å². The van der Waals surface area contributed by atoms with Crippen LogP contribution in [0.4, 0.5) is 4.39 Å². The van der Waals surface area contributed by atoms with Crippen molar-refractivity contribution in [3.63, 3.8) is 0 Å². The van der Waals surface area contributed by atoms with Gasteiger partial charge in [0.05, 0.1) is 21.3 Å². The van der Waals surface area contributed by atoms with Crippen LogP contribution in [-0.4, -0.2) is 46.6 Å². The zero-order valence-electron chi connectivity index (χ0n) is 17.3. The Bertz CT molecular complexity index is 801. The highest BCUT2D eigenvalue weighted by Crippen LogP contribution is 2.34. The van der Waals surface area contributed by atoms with Crippen molar-refractivity contribution in [1.29, 1.82) is 0 Å². The molecule has 0 aliphatic carbocycles. The molecule has 0 aliphatic rings. The van der Waals surface area contributed by atoms with Gasteiger partial charge in [-0.05, 0) is 42.5 Å². The van der Waals surface area contributed by atoms with Gasteiger partial charge in [-0.25, -0.2) is 4.39 Å². The lowest BCUT2D eigenvalue weighted by molar-refractivity contribution is 0.347. The van der Waals surface area contributed by atoms with Crippen LogP contribution in [0, 0.1) is 5.82 Å². The fourth-order valence-electron chi connectivity index (χ4n) is 2.63. The number of aliphatic imine (C=N–C) groups is 1. The predicted octanol–water partition coefficient (Wildman–Crippen LogP) is 3.70. The number of thioether (sulfide) groups is 1. The zero-order chi connectivity index (χ0) is 21.1. The first kappa shape index (κ1) is 22.7. The molecular formula is C21H28FN3O3S. The summed E-state index contributed by atoms with van der Waals surface area (Å²) in [5.74, 6) is 3.39. The molecule has 2 aromatic rings. The third-order valence-corrected chi connectivity index (χ3v) is 5.25. The minimum atomic E-state index is -0.211. The van der Waals surface area contributed by atoms with Crippen LogP contribution in [0.25, 0.3) is 0 Å². The number of guanidine groups is 1. The smallest absolute Gasteiger partial charge is 0.191 e. The minimum absolute atomic E-state index is 0.211. The van der Waals surface area contributed by atoms with E-state index in [-0.39, 0.29) is 5.82 Å². The van der Waals surface area contributed by atoms with Gasteiger partial charge in [-0.3, -0.25) is 4.99 Å². The molecule has 0 amide bonds. The van der Waals surface area contributed by atoms with Crippen molar-refractivity contribution in [2.45, 2.75) is 17.9 Å². The van der Waals surface area contributed by atoms with E-state index in [1.165, 1.54) is 12.1 Å². The molecule has 0 aromatic heterocycles. The molecule has 158 valence electrons. The predicted molar refractivity (Wildman–Crippen MR) is 116 cm³/mol. The van der Waals surface area contributed by atoms with E-state index < -0.39 is 0 Å². The Balaban J connectivity index is 1.80. The molecule has 6 nitrogen and oxygen atoms in total. The first-order valence-electron chi connectivity index (χ1n) is 9.23. The van der Waals surface area contributed by atoms with Crippen LogP contribution in [0.2, 0.25) is 0 Å². The number of ether oxygens (including phenoxy) is 3. The van der Waals surface area contributed by atoms with E-state index in [1.54, 1.807) is 58.3 Å². The van der Waals surface area contributed by atoms with Gasteiger partial charge in [-0.2, -0.15) is 0 Å². The summed E-state index contributed by atoms with van der Waals surface area (Å²) in [5.41, 5.74) is 0.931. The molecule has 0 saturated carbocycles. The summed E-state index contributed by atoms with van der Waals surface area (Å²) in [6, 6.07) is 10.2. The second-order valence-electron chi connectivity index (χ2n) is 6.03. The molecule has 0 atom stereocenters. The van der Waals surface area contributed by atoms with Crippen molar-refractivity contribution in [2.24, 2.45) is 4.99 Å². The Hall–Kier alpha value is -2.61. The summed E-state index contributed by atoms with van der Waals surface area (Å²) in [7, 11) is 6.55. The summed E-state index contributed by atoms with van der Waals surface area (Å²) >= 11 is 1.70. The van der Waals surface area contributed by atoms with Crippen molar-refractivity contribution in [2.75, 3.05) is 40.7 Å². The highest BCUT2D eigenvalue weighted by atomic mass is 32.2. The van der Waals surface area contributed by atoms with Crippen molar-refractivity contribution in [1.82, 2.24) is 10.6 Å². The first-order valence-corrected chi connectivity index (χ1v) is 10.2. The summed E-state index contributed by atoms with van der Waals surface area (Å²) in [6.45, 7) is 1.30. The molecule has 0 saturated heterocycles. The quantitative estimate of drug-likeness (QED) is 0.264. The number of nitrogens with one attached hydrogen (secondary N) is 2. The van der Waals surface area contributed by atoms with Gasteiger partial charge in [-0.15, -0.1) is 11.8 Å². The number of hydrogen-bond acceptors (Lipinski definition) is 5. The Labute approximate surface area is 175 Å². The molecule has 29 heavy (non-hydrogen) atoms. The molecule has 0 fully saturated rings. The number of nitrogens with zero attached hydrogens (tertiary/aromatic N) is 1. The average molecular weight is 422 g/mol. The van der Waals surface area contributed by atoms with Crippen LogP contribution in [0.1, 0.15) is 12.0 Å². The van der Waals surface area contributed by atoms with Crippen LogP contribution < -0.4 is 24.8 Å². The number of hydrogen-bond donors (Lipinski definition) is 2. The zero-order valence-corrected chi connectivity index (χ0v) is 18.1. The van der Waals surface area contributed by atoms with Gasteiger partial charge < -0.3 is 24.8 Å². The van der Waals surface area contributed by atoms with E-state index in [0.717, 1.165) is 29.2 Å². The summed E-state index contributed by atoms with van der Waals surface area (Å²) < 4.78 is 29.1. The third-order valence-electron chi connectivity index (χ3n) is 4.15. The molecule has 2 aromatic carbocycles. The van der Waals surface area contributed by atoms with Crippen molar-refractivity contribution >= 4 is 17.7 Å². The topological polar surface area (TPSA) is 64.1 Å². The van der Waals surface area contributed by atoms with Crippen LogP contribution >= 0.6 is 11.8 Å². The third kappa shape index (κ3) is 7.05. The Morgan fingerprint density at radius 2 is 1.62 bits per heavy atom. The first-order chi connectivity index (χ1) is 14.1. The lowest BCUT2D eigenvalue weighted by atomic mass is 10.1. The van der Waals surface area contributed by atoms with E-state index in [2.05, 4.69) is 15.6 Å². The monoisotopic (exact) mass is 421 g/mol. The maximum atomic E-state index is 12.9. The Morgan fingerprint density at radius 3 is 2.24 bits per heavy atom. The maximum absolute atomic E-state index is 12.9. The van der Waals surface area contributed by atoms with E-state index in [9.17, 15) is 4.39 Å². The minimum Gasteiger partial charge on any atom is -0.496 e. The number of benzene rings is 2. The van der Waals surface area contributed by atoms with Crippen molar-refractivity contribution in [3.05, 3.63) is 47.8 Å². The molecule has 0 radical (unpaired) electrons. The second-order valence-corrected chi connectivity index (χ2v) is 7.20. The molecule has 0 heterocycles. The van der Waals surface area contributed by atoms with Gasteiger partial charge in [0, 0.05) is 36.7 Å². The van der Waals surface area contributed by atoms with Crippen LogP contribution in [0.5, 0.6) is 17.2 Å². The van der Waals surface area contributed by atoms with Gasteiger partial charge in [0.1, 0.15) is 11.6 Å². The SMILES string of the molecule is CN=C(NCCCSc1ccc(F)cc1)NCc1cc(OC)c(OC)cc1OC. The van der Waals surface area contributed by atoms with Crippen LogP contribution in [-0.2, 0) is 6.54 Å². The van der Waals surface area contributed by atoms with E-state index in [0.29, 0.717) is 29.8 Å². The van der Waals surface area contributed by atoms with Crippen LogP contribution in [0.3, 0.4) is 0 Å². The van der Waals surface area contributed by atoms with Gasteiger partial charge in [0.2, 0.25) is 0 Å². The van der Waals surface area contributed by atoms with Crippen molar-refractivity contribution in [3.8, 4) is 17.2 Å². The molecule has 8 heteroatoms. The summed E-state index contributed by atoms with van der Waals surface area (Å²) in [4.78, 5) is 5.31. The van der Waals surface area contributed by atoms with Gasteiger partial charge in [-0.1, -0.05) is 0 Å². The normalized spacial score (nSPS) is 11.1. The van der Waals surface area contributed by atoms with Gasteiger partial charge in [0.25, 0.3) is 0 Å². The lowest BCUT2D eigenvalue weighted by Gasteiger charge is -2.16. The Kier molecular flexibility index (Phi) is 9.43. The average Bonchev–Trinajstić information content (AvgIpc) is 2.76. The molecular weight excluding hydrogens is 393 g/mol.